The molecular formula is C15H23NO3. The van der Waals surface area contributed by atoms with Gasteiger partial charge in [-0.25, -0.2) is 0 Å². The summed E-state index contributed by atoms with van der Waals surface area (Å²) in [6, 6.07) is 9.98. The summed E-state index contributed by atoms with van der Waals surface area (Å²) in [5.74, 6) is 0.0175. The Hall–Kier alpha value is -1.39. The Bertz CT molecular complexity index is 376. The minimum absolute atomic E-state index is 0.00739. The van der Waals surface area contributed by atoms with Gasteiger partial charge in [0.25, 0.3) is 0 Å². The van der Waals surface area contributed by atoms with Crippen LogP contribution in [0.4, 0.5) is 0 Å². The minimum Gasteiger partial charge on any atom is -0.394 e. The number of hydrogen-bond donors (Lipinski definition) is 2. The van der Waals surface area contributed by atoms with Gasteiger partial charge in [0, 0.05) is 12.0 Å². The molecule has 0 aliphatic rings. The largest absolute Gasteiger partial charge is 0.394 e. The lowest BCUT2D eigenvalue weighted by Gasteiger charge is -2.23. The van der Waals surface area contributed by atoms with Gasteiger partial charge in [-0.1, -0.05) is 44.2 Å². The molecule has 0 aliphatic carbocycles. The molecule has 0 bridgehead atoms. The fourth-order valence-corrected chi connectivity index (χ4v) is 1.83. The molecule has 0 aromatic heterocycles. The highest BCUT2D eigenvalue weighted by Gasteiger charge is 2.27. The summed E-state index contributed by atoms with van der Waals surface area (Å²) in [6.45, 7) is 5.08. The molecule has 0 radical (unpaired) electrons. The van der Waals surface area contributed by atoms with Crippen LogP contribution in [0.25, 0.3) is 0 Å². The average Bonchev–Trinajstić information content (AvgIpc) is 2.39. The van der Waals surface area contributed by atoms with E-state index in [9.17, 15) is 4.79 Å². The van der Waals surface area contributed by atoms with Crippen molar-refractivity contribution >= 4 is 5.91 Å². The molecular weight excluding hydrogens is 242 g/mol. The van der Waals surface area contributed by atoms with Gasteiger partial charge in [0.1, 0.15) is 0 Å². The maximum atomic E-state index is 12.1. The smallest absolute Gasteiger partial charge is 0.226 e. The number of nitrogens with one attached hydrogen (secondary N) is 1. The van der Waals surface area contributed by atoms with Crippen LogP contribution in [0.3, 0.4) is 0 Å². The van der Waals surface area contributed by atoms with E-state index in [-0.39, 0.29) is 12.5 Å². The van der Waals surface area contributed by atoms with Gasteiger partial charge in [0.15, 0.2) is 0 Å². The molecule has 0 unspecified atom stereocenters. The molecule has 0 atom stereocenters. The van der Waals surface area contributed by atoms with Crippen molar-refractivity contribution in [2.75, 3.05) is 26.4 Å². The molecule has 0 aliphatic heterocycles. The van der Waals surface area contributed by atoms with E-state index in [2.05, 4.69) is 5.32 Å². The minimum atomic E-state index is -0.446. The van der Waals surface area contributed by atoms with Gasteiger partial charge in [-0.05, 0) is 12.0 Å². The van der Waals surface area contributed by atoms with E-state index in [0.717, 1.165) is 5.56 Å². The highest BCUT2D eigenvalue weighted by molar-refractivity contribution is 5.82. The fourth-order valence-electron chi connectivity index (χ4n) is 1.83. The van der Waals surface area contributed by atoms with Crippen molar-refractivity contribution < 1.29 is 14.6 Å². The topological polar surface area (TPSA) is 58.6 Å². The van der Waals surface area contributed by atoms with E-state index >= 15 is 0 Å². The summed E-state index contributed by atoms with van der Waals surface area (Å²) >= 11 is 0. The lowest BCUT2D eigenvalue weighted by atomic mass is 9.85. The van der Waals surface area contributed by atoms with Gasteiger partial charge in [-0.3, -0.25) is 4.79 Å². The van der Waals surface area contributed by atoms with Crippen molar-refractivity contribution in [1.29, 1.82) is 0 Å². The van der Waals surface area contributed by atoms with Crippen LogP contribution < -0.4 is 5.32 Å². The zero-order valence-electron chi connectivity index (χ0n) is 11.7. The molecule has 1 aromatic rings. The first-order valence-electron chi connectivity index (χ1n) is 6.57. The number of aliphatic hydroxyl groups excluding tert-OH is 1. The zero-order valence-corrected chi connectivity index (χ0v) is 11.7. The van der Waals surface area contributed by atoms with Gasteiger partial charge in [0.2, 0.25) is 5.91 Å². The second kappa shape index (κ2) is 7.92. The van der Waals surface area contributed by atoms with E-state index < -0.39 is 5.41 Å². The Kier molecular flexibility index (Phi) is 6.53. The molecule has 2 N–H and O–H groups in total. The van der Waals surface area contributed by atoms with Gasteiger partial charge in [0.05, 0.1) is 19.8 Å². The quantitative estimate of drug-likeness (QED) is 0.698. The number of aliphatic hydroxyl groups is 1. The molecule has 0 fully saturated rings. The first kappa shape index (κ1) is 15.7. The summed E-state index contributed by atoms with van der Waals surface area (Å²) in [5, 5.41) is 11.4. The standard InChI is InChI=1S/C15H23NO3/c1-15(2,12-13-6-4-3-5-7-13)14(18)16-8-10-19-11-9-17/h3-7,17H,8-12H2,1-2H3,(H,16,18). The Morgan fingerprint density at radius 1 is 1.26 bits per heavy atom. The number of carbonyl (C=O) groups is 1. The third-order valence-corrected chi connectivity index (χ3v) is 2.87. The van der Waals surface area contributed by atoms with Crippen molar-refractivity contribution in [1.82, 2.24) is 5.32 Å². The van der Waals surface area contributed by atoms with Crippen LogP contribution in [-0.2, 0) is 16.0 Å². The van der Waals surface area contributed by atoms with Crippen molar-refractivity contribution in [2.45, 2.75) is 20.3 Å². The number of amides is 1. The van der Waals surface area contributed by atoms with Crippen LogP contribution in [0.15, 0.2) is 30.3 Å². The van der Waals surface area contributed by atoms with E-state index in [1.165, 1.54) is 0 Å². The number of carbonyl (C=O) groups excluding carboxylic acids is 1. The second-order valence-corrected chi connectivity index (χ2v) is 5.14. The summed E-state index contributed by atoms with van der Waals surface area (Å²) in [7, 11) is 0. The summed E-state index contributed by atoms with van der Waals surface area (Å²) in [4.78, 5) is 12.1. The predicted octanol–water partition coefficient (Wildman–Crippen LogP) is 1.38. The third kappa shape index (κ3) is 5.85. The second-order valence-electron chi connectivity index (χ2n) is 5.14. The van der Waals surface area contributed by atoms with E-state index in [1.807, 2.05) is 44.2 Å². The molecule has 19 heavy (non-hydrogen) atoms. The van der Waals surface area contributed by atoms with Crippen molar-refractivity contribution in [3.05, 3.63) is 35.9 Å². The van der Waals surface area contributed by atoms with Crippen molar-refractivity contribution in [3.8, 4) is 0 Å². The normalized spacial score (nSPS) is 11.3. The maximum Gasteiger partial charge on any atom is 0.226 e. The molecule has 106 valence electrons. The Morgan fingerprint density at radius 3 is 2.58 bits per heavy atom. The third-order valence-electron chi connectivity index (χ3n) is 2.87. The van der Waals surface area contributed by atoms with Gasteiger partial charge >= 0.3 is 0 Å². The Balaban J connectivity index is 2.37. The summed E-state index contributed by atoms with van der Waals surface area (Å²) in [5.41, 5.74) is 0.706. The first-order valence-corrected chi connectivity index (χ1v) is 6.57. The van der Waals surface area contributed by atoms with Crippen LogP contribution in [0.5, 0.6) is 0 Å². The zero-order chi connectivity index (χ0) is 14.1. The van der Waals surface area contributed by atoms with Gasteiger partial charge in [-0.15, -0.1) is 0 Å². The average molecular weight is 265 g/mol. The fraction of sp³-hybridized carbons (Fsp3) is 0.533. The van der Waals surface area contributed by atoms with Crippen LogP contribution >= 0.6 is 0 Å². The van der Waals surface area contributed by atoms with Crippen LogP contribution in [0.1, 0.15) is 19.4 Å². The highest BCUT2D eigenvalue weighted by atomic mass is 16.5. The van der Waals surface area contributed by atoms with Gasteiger partial charge in [-0.2, -0.15) is 0 Å². The SMILES string of the molecule is CC(C)(Cc1ccccc1)C(=O)NCCOCCO. The molecule has 0 spiro atoms. The molecule has 1 aromatic carbocycles. The maximum absolute atomic E-state index is 12.1. The molecule has 0 saturated carbocycles. The summed E-state index contributed by atoms with van der Waals surface area (Å²) < 4.78 is 5.10. The van der Waals surface area contributed by atoms with Crippen molar-refractivity contribution in [2.24, 2.45) is 5.41 Å². The number of ether oxygens (including phenoxy) is 1. The van der Waals surface area contributed by atoms with Gasteiger partial charge < -0.3 is 15.2 Å². The molecule has 0 heterocycles. The molecule has 4 nitrogen and oxygen atoms in total. The number of rotatable bonds is 8. The number of benzene rings is 1. The lowest BCUT2D eigenvalue weighted by Crippen LogP contribution is -2.39. The molecule has 1 rings (SSSR count). The van der Waals surface area contributed by atoms with E-state index in [1.54, 1.807) is 0 Å². The monoisotopic (exact) mass is 265 g/mol. The number of hydrogen-bond acceptors (Lipinski definition) is 3. The van der Waals surface area contributed by atoms with Crippen LogP contribution in [0.2, 0.25) is 0 Å². The van der Waals surface area contributed by atoms with Crippen LogP contribution in [-0.4, -0.2) is 37.4 Å². The Labute approximate surface area is 114 Å². The van der Waals surface area contributed by atoms with Crippen LogP contribution in [0, 0.1) is 5.41 Å². The van der Waals surface area contributed by atoms with E-state index in [0.29, 0.717) is 26.2 Å². The highest BCUT2D eigenvalue weighted by Crippen LogP contribution is 2.21. The molecule has 0 saturated heterocycles. The lowest BCUT2D eigenvalue weighted by molar-refractivity contribution is -0.129. The molecule has 1 amide bonds. The molecule has 4 heteroatoms. The Morgan fingerprint density at radius 2 is 1.95 bits per heavy atom. The van der Waals surface area contributed by atoms with Crippen molar-refractivity contribution in [3.63, 3.8) is 0 Å². The first-order chi connectivity index (χ1) is 9.06. The van der Waals surface area contributed by atoms with E-state index in [4.69, 9.17) is 9.84 Å². The summed E-state index contributed by atoms with van der Waals surface area (Å²) in [6.07, 6.45) is 0.706. The predicted molar refractivity (Wildman–Crippen MR) is 74.8 cm³/mol.